The highest BCUT2D eigenvalue weighted by molar-refractivity contribution is 14.0. The van der Waals surface area contributed by atoms with Crippen LogP contribution in [0.5, 0.6) is 0 Å². The van der Waals surface area contributed by atoms with E-state index in [9.17, 15) is 4.79 Å². The van der Waals surface area contributed by atoms with Gasteiger partial charge in [-0.2, -0.15) is 0 Å². The van der Waals surface area contributed by atoms with Crippen LogP contribution in [-0.4, -0.2) is 48.0 Å². The molecule has 1 heterocycles. The van der Waals surface area contributed by atoms with Crippen molar-refractivity contribution in [1.29, 1.82) is 0 Å². The average Bonchev–Trinajstić information content (AvgIpc) is 2.95. The lowest BCUT2D eigenvalue weighted by molar-refractivity contribution is -0.125. The summed E-state index contributed by atoms with van der Waals surface area (Å²) in [7, 11) is 4.07. The number of nitrogens with zero attached hydrogens (tertiary/aromatic N) is 3. The molecule has 0 spiro atoms. The first-order valence-corrected chi connectivity index (χ1v) is 10.4. The molecule has 1 aliphatic carbocycles. The second-order valence-electron chi connectivity index (χ2n) is 6.98. The van der Waals surface area contributed by atoms with Gasteiger partial charge in [-0.05, 0) is 41.8 Å². The van der Waals surface area contributed by atoms with Crippen LogP contribution in [0.1, 0.15) is 44.7 Å². The molecule has 0 saturated heterocycles. The molecule has 1 aromatic heterocycles. The molecule has 2 rings (SSSR count). The van der Waals surface area contributed by atoms with Crippen LogP contribution in [0.25, 0.3) is 0 Å². The molecule has 8 heteroatoms. The number of aryl methyl sites for hydroxylation is 1. The van der Waals surface area contributed by atoms with Gasteiger partial charge in [-0.25, -0.2) is 0 Å². The van der Waals surface area contributed by atoms with E-state index in [1.165, 1.54) is 25.0 Å². The Morgan fingerprint density at radius 2 is 2.04 bits per heavy atom. The van der Waals surface area contributed by atoms with Gasteiger partial charge < -0.3 is 20.1 Å². The molecule has 154 valence electrons. The summed E-state index contributed by atoms with van der Waals surface area (Å²) >= 11 is 3.51. The molecule has 2 N–H and O–H groups in total. The Kier molecular flexibility index (Phi) is 11.4. The molecule has 27 heavy (non-hydrogen) atoms. The quantitative estimate of drug-likeness (QED) is 0.235. The monoisotopic (exact) mass is 553 g/mol. The third-order valence-corrected chi connectivity index (χ3v) is 5.25. The molecule has 0 aromatic carbocycles. The van der Waals surface area contributed by atoms with Gasteiger partial charge in [0.2, 0.25) is 5.91 Å². The van der Waals surface area contributed by atoms with Gasteiger partial charge in [-0.15, -0.1) is 24.0 Å². The standard InChI is InChI=1S/C19H32BrN5O.HI/c1-4-21-19(25(3)14-17-12-16(20)13-24(17)2)23-11-10-22-18(26)15-8-6-5-7-9-15;/h12-13,15H,4-11,14H2,1-3H3,(H,21,23)(H,22,26);1H. The van der Waals surface area contributed by atoms with Crippen LogP contribution >= 0.6 is 39.9 Å². The highest BCUT2D eigenvalue weighted by atomic mass is 127. The molecule has 1 saturated carbocycles. The molecule has 0 atom stereocenters. The average molecular weight is 554 g/mol. The van der Waals surface area contributed by atoms with E-state index in [4.69, 9.17) is 0 Å². The van der Waals surface area contributed by atoms with Crippen LogP contribution in [0.2, 0.25) is 0 Å². The predicted octanol–water partition coefficient (Wildman–Crippen LogP) is 3.50. The molecule has 1 aromatic rings. The van der Waals surface area contributed by atoms with E-state index < -0.39 is 0 Å². The molecule has 1 fully saturated rings. The maximum absolute atomic E-state index is 12.2. The summed E-state index contributed by atoms with van der Waals surface area (Å²) in [6.07, 6.45) is 7.75. The zero-order valence-electron chi connectivity index (χ0n) is 16.6. The topological polar surface area (TPSA) is 61.7 Å². The third kappa shape index (κ3) is 8.01. The van der Waals surface area contributed by atoms with Gasteiger partial charge in [-0.1, -0.05) is 19.3 Å². The fraction of sp³-hybridized carbons (Fsp3) is 0.684. The second kappa shape index (κ2) is 12.6. The van der Waals surface area contributed by atoms with E-state index in [2.05, 4.69) is 54.0 Å². The van der Waals surface area contributed by atoms with Crippen LogP contribution < -0.4 is 10.6 Å². The summed E-state index contributed by atoms with van der Waals surface area (Å²) < 4.78 is 3.19. The number of nitrogens with one attached hydrogen (secondary N) is 2. The smallest absolute Gasteiger partial charge is 0.223 e. The van der Waals surface area contributed by atoms with E-state index in [0.717, 1.165) is 36.4 Å². The SMILES string of the molecule is CCNC(=NCCNC(=O)C1CCCCC1)N(C)Cc1cc(Br)cn1C.I. The van der Waals surface area contributed by atoms with Gasteiger partial charge in [0.05, 0.1) is 13.1 Å². The first kappa shape index (κ1) is 24.3. The minimum atomic E-state index is 0. The van der Waals surface area contributed by atoms with E-state index in [1.807, 2.05) is 20.3 Å². The fourth-order valence-electron chi connectivity index (χ4n) is 3.36. The third-order valence-electron chi connectivity index (χ3n) is 4.82. The number of carbonyl (C=O) groups excluding carboxylic acids is 1. The van der Waals surface area contributed by atoms with Gasteiger partial charge in [-0.3, -0.25) is 9.79 Å². The summed E-state index contributed by atoms with van der Waals surface area (Å²) in [6.45, 7) is 4.82. The first-order valence-electron chi connectivity index (χ1n) is 9.59. The number of rotatable bonds is 7. The number of guanidine groups is 1. The second-order valence-corrected chi connectivity index (χ2v) is 7.89. The van der Waals surface area contributed by atoms with Gasteiger partial charge >= 0.3 is 0 Å². The van der Waals surface area contributed by atoms with Crippen molar-refractivity contribution in [3.8, 4) is 0 Å². The molecular formula is C19H33BrIN5O. The Balaban J connectivity index is 0.00000364. The van der Waals surface area contributed by atoms with E-state index in [1.54, 1.807) is 0 Å². The van der Waals surface area contributed by atoms with Gasteiger partial charge in [0, 0.05) is 49.5 Å². The van der Waals surface area contributed by atoms with Crippen molar-refractivity contribution < 1.29 is 4.79 Å². The van der Waals surface area contributed by atoms with Crippen molar-refractivity contribution in [2.24, 2.45) is 18.0 Å². The number of aromatic nitrogens is 1. The van der Waals surface area contributed by atoms with E-state index in [0.29, 0.717) is 13.1 Å². The molecule has 0 unspecified atom stereocenters. The Morgan fingerprint density at radius 1 is 1.33 bits per heavy atom. The predicted molar refractivity (Wildman–Crippen MR) is 126 cm³/mol. The Bertz CT molecular complexity index is 613. The molecule has 6 nitrogen and oxygen atoms in total. The molecule has 1 aliphatic rings. The molecule has 1 amide bonds. The van der Waals surface area contributed by atoms with Gasteiger partial charge in [0.25, 0.3) is 0 Å². The lowest BCUT2D eigenvalue weighted by Crippen LogP contribution is -2.39. The number of aliphatic imine (C=N–C) groups is 1. The molecule has 0 bridgehead atoms. The number of hydrogen-bond donors (Lipinski definition) is 2. The Labute approximate surface area is 188 Å². The van der Waals surface area contributed by atoms with Crippen LogP contribution in [0.4, 0.5) is 0 Å². The molecular weight excluding hydrogens is 521 g/mol. The minimum absolute atomic E-state index is 0. The summed E-state index contributed by atoms with van der Waals surface area (Å²) in [4.78, 5) is 19.0. The maximum atomic E-state index is 12.2. The van der Waals surface area contributed by atoms with Crippen molar-refractivity contribution in [3.63, 3.8) is 0 Å². The van der Waals surface area contributed by atoms with Crippen molar-refractivity contribution in [2.75, 3.05) is 26.7 Å². The van der Waals surface area contributed by atoms with Crippen LogP contribution in [0, 0.1) is 5.92 Å². The number of hydrogen-bond acceptors (Lipinski definition) is 2. The number of carbonyl (C=O) groups is 1. The summed E-state index contributed by atoms with van der Waals surface area (Å²) in [5.41, 5.74) is 1.20. The Hall–Kier alpha value is -0.770. The fourth-order valence-corrected chi connectivity index (χ4v) is 3.93. The van der Waals surface area contributed by atoms with Crippen molar-refractivity contribution >= 4 is 51.8 Å². The number of amides is 1. The van der Waals surface area contributed by atoms with Crippen molar-refractivity contribution in [1.82, 2.24) is 20.1 Å². The zero-order valence-corrected chi connectivity index (χ0v) is 20.5. The largest absolute Gasteiger partial charge is 0.357 e. The van der Waals surface area contributed by atoms with E-state index >= 15 is 0 Å². The van der Waals surface area contributed by atoms with Crippen molar-refractivity contribution in [3.05, 3.63) is 22.4 Å². The van der Waals surface area contributed by atoms with E-state index in [-0.39, 0.29) is 35.8 Å². The van der Waals surface area contributed by atoms with Gasteiger partial charge in [0.1, 0.15) is 0 Å². The summed E-state index contributed by atoms with van der Waals surface area (Å²) in [6, 6.07) is 2.12. The lowest BCUT2D eigenvalue weighted by Gasteiger charge is -2.23. The minimum Gasteiger partial charge on any atom is -0.357 e. The zero-order chi connectivity index (χ0) is 18.9. The maximum Gasteiger partial charge on any atom is 0.223 e. The highest BCUT2D eigenvalue weighted by Crippen LogP contribution is 2.23. The lowest BCUT2D eigenvalue weighted by atomic mass is 9.89. The Morgan fingerprint density at radius 3 is 2.63 bits per heavy atom. The highest BCUT2D eigenvalue weighted by Gasteiger charge is 2.20. The summed E-state index contributed by atoms with van der Waals surface area (Å²) in [5.74, 6) is 1.27. The molecule has 0 radical (unpaired) electrons. The van der Waals surface area contributed by atoms with Crippen LogP contribution in [-0.2, 0) is 18.4 Å². The van der Waals surface area contributed by atoms with Crippen molar-refractivity contribution in [2.45, 2.75) is 45.6 Å². The normalized spacial score (nSPS) is 15.2. The summed E-state index contributed by atoms with van der Waals surface area (Å²) in [5, 5.41) is 6.37. The first-order chi connectivity index (χ1) is 12.5. The van der Waals surface area contributed by atoms with Crippen LogP contribution in [0.3, 0.4) is 0 Å². The molecule has 0 aliphatic heterocycles. The van der Waals surface area contributed by atoms with Gasteiger partial charge in [0.15, 0.2) is 5.96 Å². The van der Waals surface area contributed by atoms with Crippen LogP contribution in [0.15, 0.2) is 21.7 Å². The number of halogens is 2.